The van der Waals surface area contributed by atoms with Gasteiger partial charge in [-0.15, -0.1) is 0 Å². The Hall–Kier alpha value is -2.64. The van der Waals surface area contributed by atoms with Crippen molar-refractivity contribution in [3.63, 3.8) is 0 Å². The lowest BCUT2D eigenvalue weighted by Gasteiger charge is -2.32. The van der Waals surface area contributed by atoms with Gasteiger partial charge in [-0.3, -0.25) is 19.4 Å². The molecule has 0 radical (unpaired) electrons. The molecule has 0 unspecified atom stereocenters. The Morgan fingerprint density at radius 2 is 2.04 bits per heavy atom. The van der Waals surface area contributed by atoms with Gasteiger partial charge in [0.15, 0.2) is 0 Å². The van der Waals surface area contributed by atoms with Gasteiger partial charge in [0.05, 0.1) is 0 Å². The molecule has 1 aliphatic heterocycles. The molecular formula is C19H26N6O2. The summed E-state index contributed by atoms with van der Waals surface area (Å²) in [5, 5.41) is 14.4. The first kappa shape index (κ1) is 17.8. The number of H-pyrrole nitrogens is 1. The van der Waals surface area contributed by atoms with E-state index in [1.54, 1.807) is 24.0 Å². The number of aryl methyl sites for hydroxylation is 1. The first-order chi connectivity index (χ1) is 13.1. The van der Waals surface area contributed by atoms with Crippen LogP contribution in [-0.2, 0) is 7.05 Å². The van der Waals surface area contributed by atoms with Crippen LogP contribution >= 0.6 is 0 Å². The average molecular weight is 370 g/mol. The van der Waals surface area contributed by atoms with Gasteiger partial charge < -0.3 is 10.2 Å². The van der Waals surface area contributed by atoms with Crippen LogP contribution < -0.4 is 5.32 Å². The van der Waals surface area contributed by atoms with E-state index in [-0.39, 0.29) is 23.8 Å². The van der Waals surface area contributed by atoms with Crippen LogP contribution in [0.2, 0.25) is 0 Å². The van der Waals surface area contributed by atoms with E-state index in [1.165, 1.54) is 12.8 Å². The molecule has 4 rings (SSSR count). The molecule has 27 heavy (non-hydrogen) atoms. The standard InChI is InChI=1S/C19H26N6O2/c1-24-17(8-9-20-24)19(27)25-10-4-5-13(12-25)15-11-16(23-22-15)18(26)21-14-6-2-3-7-14/h8-9,11,13-14H,2-7,10,12H2,1H3,(H,21,26)(H,22,23)/t13-/m1/s1. The Kier molecular flexibility index (Phi) is 4.96. The number of piperidine rings is 1. The minimum absolute atomic E-state index is 0.00147. The molecule has 2 amide bonds. The third-order valence-corrected chi connectivity index (χ3v) is 5.71. The van der Waals surface area contributed by atoms with Crippen molar-refractivity contribution in [1.82, 2.24) is 30.2 Å². The fourth-order valence-electron chi connectivity index (χ4n) is 4.15. The number of nitrogens with zero attached hydrogens (tertiary/aromatic N) is 4. The minimum Gasteiger partial charge on any atom is -0.348 e. The Morgan fingerprint density at radius 3 is 2.78 bits per heavy atom. The molecule has 1 saturated carbocycles. The Labute approximate surface area is 158 Å². The van der Waals surface area contributed by atoms with Crippen LogP contribution in [0.3, 0.4) is 0 Å². The fourth-order valence-corrected chi connectivity index (χ4v) is 4.15. The molecular weight excluding hydrogens is 344 g/mol. The molecule has 1 saturated heterocycles. The van der Waals surface area contributed by atoms with Gasteiger partial charge in [-0.25, -0.2) is 0 Å². The highest BCUT2D eigenvalue weighted by atomic mass is 16.2. The van der Waals surface area contributed by atoms with E-state index >= 15 is 0 Å². The van der Waals surface area contributed by atoms with Gasteiger partial charge in [-0.2, -0.15) is 10.2 Å². The number of amides is 2. The quantitative estimate of drug-likeness (QED) is 0.858. The third kappa shape index (κ3) is 3.74. The van der Waals surface area contributed by atoms with Crippen molar-refractivity contribution in [3.05, 3.63) is 35.4 Å². The summed E-state index contributed by atoms with van der Waals surface area (Å²) in [6, 6.07) is 3.86. The number of hydrogen-bond acceptors (Lipinski definition) is 4. The van der Waals surface area contributed by atoms with Crippen LogP contribution in [0.25, 0.3) is 0 Å². The second-order valence-electron chi connectivity index (χ2n) is 7.59. The fraction of sp³-hybridized carbons (Fsp3) is 0.579. The molecule has 0 spiro atoms. The normalized spacial score (nSPS) is 20.8. The Morgan fingerprint density at radius 1 is 1.22 bits per heavy atom. The van der Waals surface area contributed by atoms with Gasteiger partial charge in [0.25, 0.3) is 11.8 Å². The molecule has 0 bridgehead atoms. The average Bonchev–Trinajstić information content (AvgIpc) is 3.43. The third-order valence-electron chi connectivity index (χ3n) is 5.71. The molecule has 1 aliphatic carbocycles. The van der Waals surface area contributed by atoms with Gasteiger partial charge in [-0.1, -0.05) is 12.8 Å². The highest BCUT2D eigenvalue weighted by molar-refractivity contribution is 5.93. The van der Waals surface area contributed by atoms with Gasteiger partial charge in [0.1, 0.15) is 11.4 Å². The van der Waals surface area contributed by atoms with E-state index in [4.69, 9.17) is 0 Å². The summed E-state index contributed by atoms with van der Waals surface area (Å²) >= 11 is 0. The monoisotopic (exact) mass is 370 g/mol. The summed E-state index contributed by atoms with van der Waals surface area (Å²) in [4.78, 5) is 27.0. The van der Waals surface area contributed by atoms with Gasteiger partial charge in [-0.05, 0) is 37.8 Å². The van der Waals surface area contributed by atoms with Crippen molar-refractivity contribution in [2.45, 2.75) is 50.5 Å². The summed E-state index contributed by atoms with van der Waals surface area (Å²) < 4.78 is 1.60. The molecule has 2 aliphatic rings. The molecule has 8 nitrogen and oxygen atoms in total. The SMILES string of the molecule is Cn1nccc1C(=O)N1CCC[C@@H](c2cc(C(=O)NC3CCCC3)n[nH]2)C1. The van der Waals surface area contributed by atoms with E-state index < -0.39 is 0 Å². The topological polar surface area (TPSA) is 95.9 Å². The predicted octanol–water partition coefficient (Wildman–Crippen LogP) is 1.84. The lowest BCUT2D eigenvalue weighted by molar-refractivity contribution is 0.0694. The van der Waals surface area contributed by atoms with Crippen LogP contribution in [0.5, 0.6) is 0 Å². The lowest BCUT2D eigenvalue weighted by Crippen LogP contribution is -2.40. The first-order valence-electron chi connectivity index (χ1n) is 9.75. The predicted molar refractivity (Wildman–Crippen MR) is 99.4 cm³/mol. The van der Waals surface area contributed by atoms with E-state index in [0.717, 1.165) is 37.9 Å². The summed E-state index contributed by atoms with van der Waals surface area (Å²) in [7, 11) is 1.78. The largest absolute Gasteiger partial charge is 0.348 e. The zero-order chi connectivity index (χ0) is 18.8. The van der Waals surface area contributed by atoms with Crippen LogP contribution in [-0.4, -0.2) is 55.8 Å². The number of carbonyl (C=O) groups is 2. The minimum atomic E-state index is -0.108. The van der Waals surface area contributed by atoms with Crippen molar-refractivity contribution in [2.24, 2.45) is 7.05 Å². The number of rotatable bonds is 4. The molecule has 2 aromatic rings. The van der Waals surface area contributed by atoms with E-state index in [0.29, 0.717) is 17.9 Å². The number of nitrogens with one attached hydrogen (secondary N) is 2. The molecule has 8 heteroatoms. The van der Waals surface area contributed by atoms with Gasteiger partial charge >= 0.3 is 0 Å². The molecule has 1 atom stereocenters. The van der Waals surface area contributed by atoms with Crippen molar-refractivity contribution in [2.75, 3.05) is 13.1 Å². The highest BCUT2D eigenvalue weighted by Gasteiger charge is 2.28. The van der Waals surface area contributed by atoms with Crippen LogP contribution in [0.15, 0.2) is 18.3 Å². The lowest BCUT2D eigenvalue weighted by atomic mass is 9.94. The summed E-state index contributed by atoms with van der Waals surface area (Å²) in [5.74, 6) is 0.0536. The molecule has 144 valence electrons. The molecule has 2 fully saturated rings. The molecule has 2 N–H and O–H groups in total. The Bertz CT molecular complexity index is 820. The van der Waals surface area contributed by atoms with E-state index in [2.05, 4.69) is 20.6 Å². The van der Waals surface area contributed by atoms with Crippen LogP contribution in [0.4, 0.5) is 0 Å². The smallest absolute Gasteiger partial charge is 0.272 e. The zero-order valence-corrected chi connectivity index (χ0v) is 15.6. The second-order valence-corrected chi connectivity index (χ2v) is 7.59. The van der Waals surface area contributed by atoms with E-state index in [9.17, 15) is 9.59 Å². The maximum Gasteiger partial charge on any atom is 0.272 e. The number of hydrogen-bond donors (Lipinski definition) is 2. The van der Waals surface area contributed by atoms with Gasteiger partial charge in [0, 0.05) is 44.0 Å². The van der Waals surface area contributed by atoms with Crippen molar-refractivity contribution >= 4 is 11.8 Å². The van der Waals surface area contributed by atoms with Crippen LogP contribution in [0, 0.1) is 0 Å². The summed E-state index contributed by atoms with van der Waals surface area (Å²) in [6.45, 7) is 1.36. The molecule has 2 aromatic heterocycles. The molecule has 0 aromatic carbocycles. The van der Waals surface area contributed by atoms with Crippen molar-refractivity contribution in [3.8, 4) is 0 Å². The summed E-state index contributed by atoms with van der Waals surface area (Å²) in [5.41, 5.74) is 1.96. The van der Waals surface area contributed by atoms with Crippen molar-refractivity contribution in [1.29, 1.82) is 0 Å². The van der Waals surface area contributed by atoms with Gasteiger partial charge in [0.2, 0.25) is 0 Å². The number of aromatic nitrogens is 4. The number of likely N-dealkylation sites (tertiary alicyclic amines) is 1. The summed E-state index contributed by atoms with van der Waals surface area (Å²) in [6.07, 6.45) is 8.00. The number of aromatic amines is 1. The number of carbonyl (C=O) groups excluding carboxylic acids is 2. The van der Waals surface area contributed by atoms with Crippen LogP contribution in [0.1, 0.15) is 71.1 Å². The maximum absolute atomic E-state index is 12.7. The Balaban J connectivity index is 1.41. The second kappa shape index (κ2) is 7.54. The highest BCUT2D eigenvalue weighted by Crippen LogP contribution is 2.27. The molecule has 3 heterocycles. The van der Waals surface area contributed by atoms with Crippen molar-refractivity contribution < 1.29 is 9.59 Å². The maximum atomic E-state index is 12.7. The zero-order valence-electron chi connectivity index (χ0n) is 15.6. The first-order valence-corrected chi connectivity index (χ1v) is 9.75. The van der Waals surface area contributed by atoms with E-state index in [1.807, 2.05) is 11.0 Å².